The lowest BCUT2D eigenvalue weighted by atomic mass is 10.1. The molecule has 0 saturated carbocycles. The van der Waals surface area contributed by atoms with Gasteiger partial charge < -0.3 is 9.64 Å². The van der Waals surface area contributed by atoms with Gasteiger partial charge in [0.15, 0.2) is 0 Å². The Kier molecular flexibility index (Phi) is 6.35. The highest BCUT2D eigenvalue weighted by Gasteiger charge is 2.15. The summed E-state index contributed by atoms with van der Waals surface area (Å²) in [6.45, 7) is 2.44. The molecule has 156 valence electrons. The Hall–Kier alpha value is -2.83. The third-order valence-corrected chi connectivity index (χ3v) is 6.65. The van der Waals surface area contributed by atoms with E-state index in [2.05, 4.69) is 21.8 Å². The minimum Gasteiger partial charge on any atom is -0.457 e. The summed E-state index contributed by atoms with van der Waals surface area (Å²) in [6, 6.07) is 23.9. The quantitative estimate of drug-likeness (QED) is 0.585. The van der Waals surface area contributed by atoms with Crippen LogP contribution in [0.25, 0.3) is 0 Å². The van der Waals surface area contributed by atoms with Crippen LogP contribution in [0.15, 0.2) is 83.8 Å². The first-order chi connectivity index (χ1) is 14.6. The van der Waals surface area contributed by atoms with E-state index < -0.39 is 10.0 Å². The third kappa shape index (κ3) is 5.20. The molecular weight excluding hydrogens is 396 g/mol. The SMILES string of the molecule is O=S(=O)(NCc1ccc(N2CCCCC2)cc1)c1ccc(Oc2ccccc2)cc1. The fourth-order valence-electron chi connectivity index (χ4n) is 3.55. The van der Waals surface area contributed by atoms with E-state index in [1.807, 2.05) is 42.5 Å². The maximum atomic E-state index is 12.6. The Morgan fingerprint density at radius 1 is 0.767 bits per heavy atom. The molecule has 1 aliphatic rings. The van der Waals surface area contributed by atoms with Gasteiger partial charge >= 0.3 is 0 Å². The van der Waals surface area contributed by atoms with Gasteiger partial charge in [0.1, 0.15) is 11.5 Å². The molecule has 1 N–H and O–H groups in total. The third-order valence-electron chi connectivity index (χ3n) is 5.24. The average molecular weight is 423 g/mol. The minimum atomic E-state index is -3.59. The van der Waals surface area contributed by atoms with Crippen LogP contribution >= 0.6 is 0 Å². The Labute approximate surface area is 178 Å². The van der Waals surface area contributed by atoms with Crippen molar-refractivity contribution in [2.45, 2.75) is 30.7 Å². The van der Waals surface area contributed by atoms with Gasteiger partial charge in [0.05, 0.1) is 4.90 Å². The van der Waals surface area contributed by atoms with Crippen molar-refractivity contribution in [2.75, 3.05) is 18.0 Å². The molecule has 1 aliphatic heterocycles. The van der Waals surface area contributed by atoms with Crippen LogP contribution < -0.4 is 14.4 Å². The predicted octanol–water partition coefficient (Wildman–Crippen LogP) is 4.95. The lowest BCUT2D eigenvalue weighted by Gasteiger charge is -2.28. The second-order valence-corrected chi connectivity index (χ2v) is 9.19. The predicted molar refractivity (Wildman–Crippen MR) is 119 cm³/mol. The van der Waals surface area contributed by atoms with Crippen LogP contribution in [-0.2, 0) is 16.6 Å². The molecule has 1 saturated heterocycles. The minimum absolute atomic E-state index is 0.216. The molecule has 0 spiro atoms. The van der Waals surface area contributed by atoms with Gasteiger partial charge in [-0.25, -0.2) is 13.1 Å². The van der Waals surface area contributed by atoms with Gasteiger partial charge in [-0.05, 0) is 73.4 Å². The van der Waals surface area contributed by atoms with Crippen molar-refractivity contribution in [3.63, 3.8) is 0 Å². The Morgan fingerprint density at radius 2 is 1.40 bits per heavy atom. The molecule has 0 unspecified atom stereocenters. The summed E-state index contributed by atoms with van der Waals surface area (Å²) in [5.41, 5.74) is 2.14. The summed E-state index contributed by atoms with van der Waals surface area (Å²) in [5.74, 6) is 1.30. The van der Waals surface area contributed by atoms with Gasteiger partial charge in [-0.1, -0.05) is 30.3 Å². The number of nitrogens with one attached hydrogen (secondary N) is 1. The zero-order chi connectivity index (χ0) is 20.8. The molecule has 5 nitrogen and oxygen atoms in total. The van der Waals surface area contributed by atoms with Crippen molar-refractivity contribution in [3.8, 4) is 11.5 Å². The average Bonchev–Trinajstić information content (AvgIpc) is 2.80. The van der Waals surface area contributed by atoms with E-state index in [9.17, 15) is 8.42 Å². The van der Waals surface area contributed by atoms with Crippen LogP contribution in [0, 0.1) is 0 Å². The molecule has 3 aromatic rings. The molecular formula is C24H26N2O3S. The molecule has 0 bridgehead atoms. The number of rotatable bonds is 7. The van der Waals surface area contributed by atoms with Gasteiger partial charge in [-0.15, -0.1) is 0 Å². The number of nitrogens with zero attached hydrogens (tertiary/aromatic N) is 1. The van der Waals surface area contributed by atoms with Crippen LogP contribution in [0.1, 0.15) is 24.8 Å². The van der Waals surface area contributed by atoms with Gasteiger partial charge in [-0.3, -0.25) is 0 Å². The number of benzene rings is 3. The normalized spacial score (nSPS) is 14.5. The summed E-state index contributed by atoms with van der Waals surface area (Å²) in [6.07, 6.45) is 3.77. The summed E-state index contributed by atoms with van der Waals surface area (Å²) >= 11 is 0. The van der Waals surface area contributed by atoms with Crippen molar-refractivity contribution in [1.29, 1.82) is 0 Å². The number of anilines is 1. The molecule has 30 heavy (non-hydrogen) atoms. The van der Waals surface area contributed by atoms with Crippen LogP contribution in [-0.4, -0.2) is 21.5 Å². The van der Waals surface area contributed by atoms with Crippen molar-refractivity contribution in [2.24, 2.45) is 0 Å². The number of ether oxygens (including phenoxy) is 1. The first-order valence-electron chi connectivity index (χ1n) is 10.3. The van der Waals surface area contributed by atoms with E-state index in [-0.39, 0.29) is 11.4 Å². The highest BCUT2D eigenvalue weighted by molar-refractivity contribution is 7.89. The van der Waals surface area contributed by atoms with E-state index >= 15 is 0 Å². The van der Waals surface area contributed by atoms with Crippen LogP contribution in [0.3, 0.4) is 0 Å². The second-order valence-electron chi connectivity index (χ2n) is 7.43. The molecule has 0 atom stereocenters. The maximum absolute atomic E-state index is 12.6. The van der Waals surface area contributed by atoms with E-state index in [1.165, 1.54) is 24.9 Å². The van der Waals surface area contributed by atoms with Crippen molar-refractivity contribution in [3.05, 3.63) is 84.4 Å². The fourth-order valence-corrected chi connectivity index (χ4v) is 4.57. The zero-order valence-corrected chi connectivity index (χ0v) is 17.6. The molecule has 0 aliphatic carbocycles. The van der Waals surface area contributed by atoms with E-state index in [0.29, 0.717) is 11.5 Å². The number of para-hydroxylation sites is 1. The molecule has 0 amide bonds. The van der Waals surface area contributed by atoms with Gasteiger partial charge in [0, 0.05) is 25.3 Å². The highest BCUT2D eigenvalue weighted by Crippen LogP contribution is 2.23. The summed E-state index contributed by atoms with van der Waals surface area (Å²) in [4.78, 5) is 2.60. The molecule has 1 fully saturated rings. The van der Waals surface area contributed by atoms with Crippen LogP contribution in [0.4, 0.5) is 5.69 Å². The molecule has 0 aromatic heterocycles. The van der Waals surface area contributed by atoms with Gasteiger partial charge in [0.25, 0.3) is 0 Å². The summed E-state index contributed by atoms with van der Waals surface area (Å²) in [7, 11) is -3.59. The highest BCUT2D eigenvalue weighted by atomic mass is 32.2. The first-order valence-corrected chi connectivity index (χ1v) is 11.7. The Bertz CT molecular complexity index is 1040. The number of hydrogen-bond donors (Lipinski definition) is 1. The monoisotopic (exact) mass is 422 g/mol. The van der Waals surface area contributed by atoms with Gasteiger partial charge in [0.2, 0.25) is 10.0 Å². The first kappa shape index (κ1) is 20.4. The lowest BCUT2D eigenvalue weighted by molar-refractivity contribution is 0.482. The molecule has 1 heterocycles. The Morgan fingerprint density at radius 3 is 2.07 bits per heavy atom. The molecule has 0 radical (unpaired) electrons. The number of hydrogen-bond acceptors (Lipinski definition) is 4. The lowest BCUT2D eigenvalue weighted by Crippen LogP contribution is -2.29. The molecule has 3 aromatic carbocycles. The van der Waals surface area contributed by atoms with Crippen molar-refractivity contribution < 1.29 is 13.2 Å². The standard InChI is InChI=1S/C24H26N2O3S/c27-30(28,24-15-13-23(14-16-24)29-22-7-3-1-4-8-22)25-19-20-9-11-21(12-10-20)26-17-5-2-6-18-26/h1,3-4,7-16,25H,2,5-6,17-19H2. The smallest absolute Gasteiger partial charge is 0.240 e. The van der Waals surface area contributed by atoms with Crippen LogP contribution in [0.2, 0.25) is 0 Å². The van der Waals surface area contributed by atoms with Crippen molar-refractivity contribution >= 4 is 15.7 Å². The summed E-state index contributed by atoms with van der Waals surface area (Å²) < 4.78 is 33.7. The topological polar surface area (TPSA) is 58.6 Å². The number of piperidine rings is 1. The largest absolute Gasteiger partial charge is 0.457 e. The van der Waals surface area contributed by atoms with Crippen molar-refractivity contribution in [1.82, 2.24) is 4.72 Å². The number of sulfonamides is 1. The fraction of sp³-hybridized carbons (Fsp3) is 0.250. The maximum Gasteiger partial charge on any atom is 0.240 e. The van der Waals surface area contributed by atoms with E-state index in [4.69, 9.17) is 4.74 Å². The van der Waals surface area contributed by atoms with Gasteiger partial charge in [-0.2, -0.15) is 0 Å². The summed E-state index contributed by atoms with van der Waals surface area (Å²) in [5, 5.41) is 0. The second kappa shape index (κ2) is 9.32. The van der Waals surface area contributed by atoms with E-state index in [1.54, 1.807) is 24.3 Å². The molecule has 4 rings (SSSR count). The van der Waals surface area contributed by atoms with Crippen LogP contribution in [0.5, 0.6) is 11.5 Å². The zero-order valence-electron chi connectivity index (χ0n) is 16.8. The Balaban J connectivity index is 1.35. The molecule has 6 heteroatoms. The van der Waals surface area contributed by atoms with E-state index in [0.717, 1.165) is 18.7 Å².